The van der Waals surface area contributed by atoms with Gasteiger partial charge in [-0.1, -0.05) is 23.8 Å². The molecule has 5 nitrogen and oxygen atoms in total. The summed E-state index contributed by atoms with van der Waals surface area (Å²) in [6.07, 6.45) is 3.24. The third-order valence-corrected chi connectivity index (χ3v) is 4.38. The van der Waals surface area contributed by atoms with Gasteiger partial charge in [-0.05, 0) is 44.2 Å². The first-order valence-electron chi connectivity index (χ1n) is 8.50. The number of aryl methyl sites for hydroxylation is 1. The van der Waals surface area contributed by atoms with E-state index in [2.05, 4.69) is 4.98 Å². The molecule has 1 unspecified atom stereocenters. The van der Waals surface area contributed by atoms with Crippen molar-refractivity contribution in [2.75, 3.05) is 7.05 Å². The van der Waals surface area contributed by atoms with Crippen molar-refractivity contribution in [2.24, 2.45) is 0 Å². The highest BCUT2D eigenvalue weighted by atomic mass is 16.5. The van der Waals surface area contributed by atoms with Gasteiger partial charge in [0.25, 0.3) is 5.91 Å². The molecule has 1 aromatic carbocycles. The molecule has 0 aliphatic carbocycles. The monoisotopic (exact) mass is 350 g/mol. The van der Waals surface area contributed by atoms with E-state index in [0.717, 1.165) is 17.0 Å². The lowest BCUT2D eigenvalue weighted by atomic mass is 10.1. The third kappa shape index (κ3) is 3.94. The zero-order valence-corrected chi connectivity index (χ0v) is 15.2. The zero-order chi connectivity index (χ0) is 18.5. The Kier molecular flexibility index (Phi) is 5.37. The normalized spacial score (nSPS) is 11.8. The maximum Gasteiger partial charge on any atom is 0.257 e. The van der Waals surface area contributed by atoms with Gasteiger partial charge in [-0.15, -0.1) is 0 Å². The van der Waals surface area contributed by atoms with Gasteiger partial charge in [0.05, 0.1) is 23.6 Å². The Balaban J connectivity index is 1.70. The molecule has 5 heteroatoms. The average molecular weight is 350 g/mol. The molecule has 0 spiro atoms. The van der Waals surface area contributed by atoms with Gasteiger partial charge in [0, 0.05) is 13.2 Å². The SMILES string of the molecule is Cc1ccc(OCc2occc2C(=O)N(C)C(C)c2ccccn2)cc1. The summed E-state index contributed by atoms with van der Waals surface area (Å²) in [6.45, 7) is 4.16. The molecule has 1 amide bonds. The minimum atomic E-state index is -0.149. The number of pyridine rings is 1. The molecule has 0 aliphatic rings. The molecule has 3 aromatic rings. The van der Waals surface area contributed by atoms with E-state index in [9.17, 15) is 4.79 Å². The van der Waals surface area contributed by atoms with Crippen LogP contribution in [0.5, 0.6) is 5.75 Å². The van der Waals surface area contributed by atoms with E-state index in [1.165, 1.54) is 6.26 Å². The first-order chi connectivity index (χ1) is 12.6. The molecular formula is C21H22N2O3. The topological polar surface area (TPSA) is 55.6 Å². The molecule has 134 valence electrons. The predicted molar refractivity (Wildman–Crippen MR) is 99.0 cm³/mol. The molecule has 0 saturated carbocycles. The van der Waals surface area contributed by atoms with Crippen molar-refractivity contribution in [2.45, 2.75) is 26.5 Å². The van der Waals surface area contributed by atoms with Crippen LogP contribution in [0.15, 0.2) is 65.4 Å². The number of rotatable bonds is 6. The van der Waals surface area contributed by atoms with E-state index < -0.39 is 0 Å². The molecular weight excluding hydrogens is 328 g/mol. The quantitative estimate of drug-likeness (QED) is 0.661. The van der Waals surface area contributed by atoms with Crippen LogP contribution in [0.25, 0.3) is 0 Å². The highest BCUT2D eigenvalue weighted by Gasteiger charge is 2.23. The Labute approximate surface area is 153 Å². The number of nitrogens with zero attached hydrogens (tertiary/aromatic N) is 2. The summed E-state index contributed by atoms with van der Waals surface area (Å²) in [5.74, 6) is 1.12. The summed E-state index contributed by atoms with van der Waals surface area (Å²) >= 11 is 0. The molecule has 26 heavy (non-hydrogen) atoms. The number of aromatic nitrogens is 1. The first kappa shape index (κ1) is 17.7. The van der Waals surface area contributed by atoms with Gasteiger partial charge in [-0.2, -0.15) is 0 Å². The van der Waals surface area contributed by atoms with Crippen LogP contribution < -0.4 is 4.74 Å². The second-order valence-electron chi connectivity index (χ2n) is 6.21. The lowest BCUT2D eigenvalue weighted by molar-refractivity contribution is 0.0735. The van der Waals surface area contributed by atoms with Crippen molar-refractivity contribution < 1.29 is 13.9 Å². The van der Waals surface area contributed by atoms with E-state index in [1.807, 2.05) is 56.3 Å². The van der Waals surface area contributed by atoms with Crippen molar-refractivity contribution in [3.8, 4) is 5.75 Å². The van der Waals surface area contributed by atoms with Gasteiger partial charge < -0.3 is 14.1 Å². The minimum Gasteiger partial charge on any atom is -0.486 e. The smallest absolute Gasteiger partial charge is 0.257 e. The van der Waals surface area contributed by atoms with Crippen LogP contribution >= 0.6 is 0 Å². The Hall–Kier alpha value is -3.08. The Morgan fingerprint density at radius 3 is 2.65 bits per heavy atom. The van der Waals surface area contributed by atoms with E-state index in [4.69, 9.17) is 9.15 Å². The van der Waals surface area contributed by atoms with Gasteiger partial charge >= 0.3 is 0 Å². The van der Waals surface area contributed by atoms with Crippen LogP contribution in [0.1, 0.15) is 40.3 Å². The second-order valence-corrected chi connectivity index (χ2v) is 6.21. The molecule has 0 bridgehead atoms. The van der Waals surface area contributed by atoms with E-state index in [-0.39, 0.29) is 18.6 Å². The molecule has 0 fully saturated rings. The number of hydrogen-bond donors (Lipinski definition) is 0. The highest BCUT2D eigenvalue weighted by molar-refractivity contribution is 5.95. The number of carbonyl (C=O) groups is 1. The second kappa shape index (κ2) is 7.87. The summed E-state index contributed by atoms with van der Waals surface area (Å²) in [5.41, 5.74) is 2.50. The molecule has 2 heterocycles. The van der Waals surface area contributed by atoms with Gasteiger partial charge in [0.1, 0.15) is 12.4 Å². The Morgan fingerprint density at radius 2 is 1.96 bits per heavy atom. The lowest BCUT2D eigenvalue weighted by Gasteiger charge is -2.24. The maximum atomic E-state index is 12.9. The largest absolute Gasteiger partial charge is 0.486 e. The van der Waals surface area contributed by atoms with Crippen molar-refractivity contribution >= 4 is 5.91 Å². The number of carbonyl (C=O) groups excluding carboxylic acids is 1. The standard InChI is InChI=1S/C21H22N2O3/c1-15-7-9-17(10-8-15)26-14-20-18(11-13-25-20)21(24)23(3)16(2)19-6-4-5-12-22-19/h4-13,16H,14H2,1-3H3. The third-order valence-electron chi connectivity index (χ3n) is 4.38. The highest BCUT2D eigenvalue weighted by Crippen LogP contribution is 2.22. The molecule has 0 aliphatic heterocycles. The molecule has 0 N–H and O–H groups in total. The van der Waals surface area contributed by atoms with Crippen LogP contribution in [0, 0.1) is 6.92 Å². The van der Waals surface area contributed by atoms with Crippen LogP contribution in [0.2, 0.25) is 0 Å². The van der Waals surface area contributed by atoms with E-state index >= 15 is 0 Å². The summed E-state index contributed by atoms with van der Waals surface area (Å²) in [4.78, 5) is 18.9. The fourth-order valence-electron chi connectivity index (χ4n) is 2.61. The van der Waals surface area contributed by atoms with Gasteiger partial charge in [-0.25, -0.2) is 0 Å². The van der Waals surface area contributed by atoms with E-state index in [1.54, 1.807) is 24.2 Å². The zero-order valence-electron chi connectivity index (χ0n) is 15.2. The van der Waals surface area contributed by atoms with Crippen LogP contribution in [-0.2, 0) is 6.61 Å². The summed E-state index contributed by atoms with van der Waals surface area (Å²) in [5, 5.41) is 0. The van der Waals surface area contributed by atoms with Gasteiger partial charge in [0.15, 0.2) is 5.76 Å². The molecule has 0 saturated heterocycles. The minimum absolute atomic E-state index is 0.126. The van der Waals surface area contributed by atoms with Crippen LogP contribution in [-0.4, -0.2) is 22.8 Å². The van der Waals surface area contributed by atoms with E-state index in [0.29, 0.717) is 11.3 Å². The summed E-state index contributed by atoms with van der Waals surface area (Å²) in [6, 6.07) is 15.0. The van der Waals surface area contributed by atoms with Crippen LogP contribution in [0.4, 0.5) is 0 Å². The number of furan rings is 1. The number of ether oxygens (including phenoxy) is 1. The number of benzene rings is 1. The molecule has 1 atom stereocenters. The summed E-state index contributed by atoms with van der Waals surface area (Å²) < 4.78 is 11.2. The first-order valence-corrected chi connectivity index (χ1v) is 8.50. The van der Waals surface area contributed by atoms with Gasteiger partial charge in [0.2, 0.25) is 0 Å². The van der Waals surface area contributed by atoms with Crippen molar-refractivity contribution in [1.29, 1.82) is 0 Å². The van der Waals surface area contributed by atoms with Crippen molar-refractivity contribution in [3.05, 3.63) is 83.6 Å². The predicted octanol–water partition coefficient (Wildman–Crippen LogP) is 4.40. The van der Waals surface area contributed by atoms with Crippen molar-refractivity contribution in [1.82, 2.24) is 9.88 Å². The van der Waals surface area contributed by atoms with Gasteiger partial charge in [-0.3, -0.25) is 9.78 Å². The number of hydrogen-bond acceptors (Lipinski definition) is 4. The Bertz CT molecular complexity index is 856. The maximum absolute atomic E-state index is 12.9. The molecule has 2 aromatic heterocycles. The fourth-order valence-corrected chi connectivity index (χ4v) is 2.61. The molecule has 0 radical (unpaired) electrons. The van der Waals surface area contributed by atoms with Crippen molar-refractivity contribution in [3.63, 3.8) is 0 Å². The fraction of sp³-hybridized carbons (Fsp3) is 0.238. The number of amides is 1. The summed E-state index contributed by atoms with van der Waals surface area (Å²) in [7, 11) is 1.76. The lowest BCUT2D eigenvalue weighted by Crippen LogP contribution is -2.30. The Morgan fingerprint density at radius 1 is 1.19 bits per heavy atom. The van der Waals surface area contributed by atoms with Crippen LogP contribution in [0.3, 0.4) is 0 Å². The molecule has 3 rings (SSSR count). The average Bonchev–Trinajstić information content (AvgIpc) is 3.15.